The van der Waals surface area contributed by atoms with E-state index in [2.05, 4.69) is 38.8 Å². The lowest BCUT2D eigenvalue weighted by Crippen LogP contribution is -2.45. The maximum atomic E-state index is 10.1. The number of nitrogens with zero attached hydrogens (tertiary/aromatic N) is 5. The van der Waals surface area contributed by atoms with E-state index in [9.17, 15) is 5.11 Å². The summed E-state index contributed by atoms with van der Waals surface area (Å²) in [4.78, 5) is 16.0. The Balaban J connectivity index is 1.50. The predicted octanol–water partition coefficient (Wildman–Crippen LogP) is 1.21. The summed E-state index contributed by atoms with van der Waals surface area (Å²) in [6, 6.07) is 0. The molecule has 2 atom stereocenters. The van der Waals surface area contributed by atoms with Gasteiger partial charge in [0.25, 0.3) is 0 Å². The first-order valence-corrected chi connectivity index (χ1v) is 9.23. The van der Waals surface area contributed by atoms with E-state index in [0.717, 1.165) is 63.6 Å². The number of aliphatic hydroxyl groups is 1. The third-order valence-corrected chi connectivity index (χ3v) is 5.35. The molecule has 0 aromatic carbocycles. The van der Waals surface area contributed by atoms with Gasteiger partial charge in [-0.3, -0.25) is 0 Å². The van der Waals surface area contributed by atoms with Crippen LogP contribution in [0.1, 0.15) is 31.2 Å². The highest BCUT2D eigenvalue weighted by molar-refractivity contribution is 5.30. The number of hydrogen-bond acceptors (Lipinski definition) is 6. The average Bonchev–Trinajstić information content (AvgIpc) is 2.58. The van der Waals surface area contributed by atoms with Gasteiger partial charge in [0, 0.05) is 57.2 Å². The highest BCUT2D eigenvalue weighted by Crippen LogP contribution is 2.25. The van der Waals surface area contributed by atoms with Crippen LogP contribution in [0.15, 0.2) is 12.4 Å². The van der Waals surface area contributed by atoms with Crippen LogP contribution in [0.4, 0.5) is 5.95 Å². The number of likely N-dealkylation sites (N-methyl/N-ethyl adjacent to an activating group) is 1. The minimum absolute atomic E-state index is 0.128. The fourth-order valence-electron chi connectivity index (χ4n) is 3.78. The number of anilines is 1. The summed E-state index contributed by atoms with van der Waals surface area (Å²) in [5, 5.41) is 10.1. The van der Waals surface area contributed by atoms with Crippen LogP contribution in [0.5, 0.6) is 0 Å². The summed E-state index contributed by atoms with van der Waals surface area (Å²) in [5.41, 5.74) is 1.14. The number of hydrogen-bond donors (Lipinski definition) is 1. The zero-order chi connectivity index (χ0) is 16.9. The molecule has 1 aromatic rings. The van der Waals surface area contributed by atoms with E-state index in [-0.39, 0.29) is 6.10 Å². The van der Waals surface area contributed by atoms with Gasteiger partial charge in [0.1, 0.15) is 0 Å². The number of rotatable bonds is 5. The molecular formula is C18H31N5O. The largest absolute Gasteiger partial charge is 0.393 e. The lowest BCUT2D eigenvalue weighted by Gasteiger charge is -2.32. The lowest BCUT2D eigenvalue weighted by atomic mass is 9.86. The van der Waals surface area contributed by atoms with Crippen molar-refractivity contribution < 1.29 is 5.11 Å². The van der Waals surface area contributed by atoms with Crippen molar-refractivity contribution in [2.45, 2.75) is 38.3 Å². The maximum Gasteiger partial charge on any atom is 0.225 e. The first-order chi connectivity index (χ1) is 11.6. The molecule has 1 saturated heterocycles. The molecule has 1 aliphatic carbocycles. The van der Waals surface area contributed by atoms with Crippen molar-refractivity contribution >= 4 is 5.95 Å². The first-order valence-electron chi connectivity index (χ1n) is 9.23. The van der Waals surface area contributed by atoms with E-state index in [1.165, 1.54) is 12.8 Å². The highest BCUT2D eigenvalue weighted by atomic mass is 16.3. The van der Waals surface area contributed by atoms with Gasteiger partial charge >= 0.3 is 0 Å². The Labute approximate surface area is 145 Å². The SMILES string of the molecule is CN1CCN(c2ncc(CN(C)CC3CCCCC3O)cn2)CC1. The molecule has 2 fully saturated rings. The first kappa shape index (κ1) is 17.6. The van der Waals surface area contributed by atoms with E-state index in [1.54, 1.807) is 0 Å². The van der Waals surface area contributed by atoms with Crippen molar-refractivity contribution in [1.82, 2.24) is 19.8 Å². The zero-order valence-electron chi connectivity index (χ0n) is 15.1. The molecule has 134 valence electrons. The molecule has 2 heterocycles. The second kappa shape index (κ2) is 8.23. The van der Waals surface area contributed by atoms with Crippen LogP contribution < -0.4 is 4.90 Å². The molecule has 0 radical (unpaired) electrons. The molecule has 3 rings (SSSR count). The summed E-state index contributed by atoms with van der Waals surface area (Å²) in [6.45, 7) is 5.91. The fraction of sp³-hybridized carbons (Fsp3) is 0.778. The molecule has 1 aliphatic heterocycles. The molecule has 24 heavy (non-hydrogen) atoms. The topological polar surface area (TPSA) is 55.7 Å². The summed E-state index contributed by atoms with van der Waals surface area (Å²) < 4.78 is 0. The van der Waals surface area contributed by atoms with Gasteiger partial charge in [0.2, 0.25) is 5.95 Å². The average molecular weight is 333 g/mol. The molecule has 1 aromatic heterocycles. The summed E-state index contributed by atoms with van der Waals surface area (Å²) >= 11 is 0. The quantitative estimate of drug-likeness (QED) is 0.874. The number of aliphatic hydroxyl groups excluding tert-OH is 1. The van der Waals surface area contributed by atoms with Crippen LogP contribution in [0.2, 0.25) is 0 Å². The fourth-order valence-corrected chi connectivity index (χ4v) is 3.78. The normalized spacial score (nSPS) is 26.1. The smallest absolute Gasteiger partial charge is 0.225 e. The van der Waals surface area contributed by atoms with Gasteiger partial charge in [-0.2, -0.15) is 0 Å². The Morgan fingerprint density at radius 1 is 1.12 bits per heavy atom. The molecule has 2 aliphatic rings. The lowest BCUT2D eigenvalue weighted by molar-refractivity contribution is 0.0501. The van der Waals surface area contributed by atoms with Gasteiger partial charge in [-0.05, 0) is 32.9 Å². The van der Waals surface area contributed by atoms with E-state index in [0.29, 0.717) is 5.92 Å². The van der Waals surface area contributed by atoms with E-state index >= 15 is 0 Å². The minimum Gasteiger partial charge on any atom is -0.393 e. The Bertz CT molecular complexity index is 501. The standard InChI is InChI=1S/C18H31N5O/c1-21-7-9-23(10-8-21)18-19-11-15(12-20-18)13-22(2)14-16-5-3-4-6-17(16)24/h11-12,16-17,24H,3-10,13-14H2,1-2H3. The van der Waals surface area contributed by atoms with E-state index < -0.39 is 0 Å². The van der Waals surface area contributed by atoms with E-state index in [1.807, 2.05) is 12.4 Å². The second-order valence-electron chi connectivity index (χ2n) is 7.49. The summed E-state index contributed by atoms with van der Waals surface area (Å²) in [6.07, 6.45) is 8.30. The molecule has 6 nitrogen and oxygen atoms in total. The van der Waals surface area contributed by atoms with E-state index in [4.69, 9.17) is 0 Å². The molecule has 0 amide bonds. The van der Waals surface area contributed by atoms with Gasteiger partial charge in [0.05, 0.1) is 6.10 Å². The van der Waals surface area contributed by atoms with Crippen LogP contribution >= 0.6 is 0 Å². The molecule has 2 unspecified atom stereocenters. The Morgan fingerprint density at radius 2 is 1.79 bits per heavy atom. The Hall–Kier alpha value is -1.24. The van der Waals surface area contributed by atoms with Crippen LogP contribution in [-0.2, 0) is 6.54 Å². The van der Waals surface area contributed by atoms with Crippen LogP contribution in [0, 0.1) is 5.92 Å². The molecule has 6 heteroatoms. The van der Waals surface area contributed by atoms with Crippen molar-refractivity contribution in [3.05, 3.63) is 18.0 Å². The van der Waals surface area contributed by atoms with Crippen molar-refractivity contribution in [3.8, 4) is 0 Å². The number of piperazine rings is 1. The Kier molecular flexibility index (Phi) is 6.03. The molecule has 1 N–H and O–H groups in total. The monoisotopic (exact) mass is 333 g/mol. The summed E-state index contributed by atoms with van der Waals surface area (Å²) in [5.74, 6) is 1.26. The van der Waals surface area contributed by atoms with Gasteiger partial charge in [-0.15, -0.1) is 0 Å². The molecule has 0 spiro atoms. The number of aromatic nitrogens is 2. The zero-order valence-corrected chi connectivity index (χ0v) is 15.1. The minimum atomic E-state index is -0.128. The summed E-state index contributed by atoms with van der Waals surface area (Å²) in [7, 11) is 4.27. The third-order valence-electron chi connectivity index (χ3n) is 5.35. The predicted molar refractivity (Wildman–Crippen MR) is 96.0 cm³/mol. The molecule has 1 saturated carbocycles. The highest BCUT2D eigenvalue weighted by Gasteiger charge is 2.24. The van der Waals surface area contributed by atoms with Gasteiger partial charge < -0.3 is 19.8 Å². The van der Waals surface area contributed by atoms with Crippen LogP contribution in [0.3, 0.4) is 0 Å². The maximum absolute atomic E-state index is 10.1. The molecule has 0 bridgehead atoms. The van der Waals surface area contributed by atoms with Crippen molar-refractivity contribution in [2.75, 3.05) is 51.7 Å². The van der Waals surface area contributed by atoms with Gasteiger partial charge in [-0.1, -0.05) is 12.8 Å². The van der Waals surface area contributed by atoms with Gasteiger partial charge in [0.15, 0.2) is 0 Å². The molecular weight excluding hydrogens is 302 g/mol. The third kappa shape index (κ3) is 4.65. The Morgan fingerprint density at radius 3 is 2.46 bits per heavy atom. The second-order valence-corrected chi connectivity index (χ2v) is 7.49. The van der Waals surface area contributed by atoms with Crippen LogP contribution in [-0.4, -0.2) is 77.8 Å². The van der Waals surface area contributed by atoms with Crippen molar-refractivity contribution in [2.24, 2.45) is 5.92 Å². The van der Waals surface area contributed by atoms with Crippen molar-refractivity contribution in [1.29, 1.82) is 0 Å². The van der Waals surface area contributed by atoms with Crippen LogP contribution in [0.25, 0.3) is 0 Å². The van der Waals surface area contributed by atoms with Crippen molar-refractivity contribution in [3.63, 3.8) is 0 Å². The van der Waals surface area contributed by atoms with Gasteiger partial charge in [-0.25, -0.2) is 9.97 Å².